The van der Waals surface area contributed by atoms with Gasteiger partial charge in [0.05, 0.1) is 17.7 Å². The smallest absolute Gasteiger partial charge is 0.319 e. The van der Waals surface area contributed by atoms with Crippen molar-refractivity contribution < 1.29 is 8.91 Å². The predicted molar refractivity (Wildman–Crippen MR) is 69.6 cm³/mol. The lowest BCUT2D eigenvalue weighted by molar-refractivity contribution is -0.366. The fourth-order valence-electron chi connectivity index (χ4n) is 2.14. The Morgan fingerprint density at radius 3 is 2.81 bits per heavy atom. The second-order valence-corrected chi connectivity index (χ2v) is 7.16. The van der Waals surface area contributed by atoms with Gasteiger partial charge in [0, 0.05) is 14.0 Å². The van der Waals surface area contributed by atoms with Crippen molar-refractivity contribution >= 4 is 24.5 Å². The van der Waals surface area contributed by atoms with E-state index < -0.39 is 7.29 Å². The molecule has 0 bridgehead atoms. The number of hydrogen-bond acceptors (Lipinski definition) is 2. The Morgan fingerprint density at radius 2 is 2.19 bits per heavy atom. The zero-order valence-electron chi connectivity index (χ0n) is 10.3. The maximum Gasteiger partial charge on any atom is 0.346 e. The Hall–Kier alpha value is -1.08. The topological polar surface area (TPSA) is 23.3 Å². The molecule has 0 amide bonds. The number of benzene rings is 1. The standard InChI is InChI=1S/C12H18N2OP/c1-5-14-9-13(3)11-7-6-10(2)8-12(11)16(14,4)15/h5-8H,9H2,1-4H3/q+1/b14-5+. The summed E-state index contributed by atoms with van der Waals surface area (Å²) in [6.45, 7) is 6.51. The second kappa shape index (κ2) is 3.74. The van der Waals surface area contributed by atoms with Gasteiger partial charge in [0.15, 0.2) is 0 Å². The molecule has 0 radical (unpaired) electrons. The van der Waals surface area contributed by atoms with Gasteiger partial charge < -0.3 is 4.90 Å². The van der Waals surface area contributed by atoms with E-state index in [1.807, 2.05) is 44.2 Å². The summed E-state index contributed by atoms with van der Waals surface area (Å²) in [6.07, 6.45) is 1.92. The van der Waals surface area contributed by atoms with Gasteiger partial charge in [0.2, 0.25) is 6.67 Å². The maximum absolute atomic E-state index is 12.8. The average Bonchev–Trinajstić information content (AvgIpc) is 2.23. The Morgan fingerprint density at radius 1 is 1.50 bits per heavy atom. The lowest BCUT2D eigenvalue weighted by atomic mass is 10.2. The molecule has 0 fully saturated rings. The van der Waals surface area contributed by atoms with E-state index in [0.717, 1.165) is 16.6 Å². The van der Waals surface area contributed by atoms with Crippen molar-refractivity contribution in [2.24, 2.45) is 0 Å². The van der Waals surface area contributed by atoms with Gasteiger partial charge in [-0.1, -0.05) is 11.6 Å². The molecule has 0 spiro atoms. The quantitative estimate of drug-likeness (QED) is 0.645. The van der Waals surface area contributed by atoms with Crippen molar-refractivity contribution in [2.75, 3.05) is 25.3 Å². The Bertz CT molecular complexity index is 508. The van der Waals surface area contributed by atoms with Crippen LogP contribution in [0.5, 0.6) is 0 Å². The molecular formula is C12H18N2OP+. The molecule has 0 saturated carbocycles. The van der Waals surface area contributed by atoms with Gasteiger partial charge >= 0.3 is 7.29 Å². The fourth-order valence-corrected chi connectivity index (χ4v) is 4.41. The molecular weight excluding hydrogens is 219 g/mol. The summed E-state index contributed by atoms with van der Waals surface area (Å²) < 4.78 is 14.7. The highest BCUT2D eigenvalue weighted by atomic mass is 31.2. The molecule has 16 heavy (non-hydrogen) atoms. The molecule has 0 N–H and O–H groups in total. The van der Waals surface area contributed by atoms with Crippen molar-refractivity contribution in [1.29, 1.82) is 0 Å². The van der Waals surface area contributed by atoms with Crippen LogP contribution in [0.4, 0.5) is 5.69 Å². The highest BCUT2D eigenvalue weighted by Gasteiger charge is 2.39. The van der Waals surface area contributed by atoms with E-state index in [9.17, 15) is 4.57 Å². The Labute approximate surface area is 96.8 Å². The molecule has 2 rings (SSSR count). The molecule has 1 aromatic rings. The van der Waals surface area contributed by atoms with Crippen molar-refractivity contribution in [1.82, 2.24) is 0 Å². The molecule has 1 unspecified atom stereocenters. The number of fused-ring (bicyclic) bond motifs is 1. The van der Waals surface area contributed by atoms with E-state index >= 15 is 0 Å². The van der Waals surface area contributed by atoms with Crippen molar-refractivity contribution in [2.45, 2.75) is 13.8 Å². The van der Waals surface area contributed by atoms with Crippen LogP contribution >= 0.6 is 7.29 Å². The monoisotopic (exact) mass is 237 g/mol. The van der Waals surface area contributed by atoms with Crippen LogP contribution in [0.25, 0.3) is 0 Å². The number of hydrogen-bond donors (Lipinski definition) is 0. The van der Waals surface area contributed by atoms with Gasteiger partial charge in [-0.05, 0) is 19.1 Å². The summed E-state index contributed by atoms with van der Waals surface area (Å²) in [5, 5.41) is 0.972. The molecule has 1 aromatic carbocycles. The number of anilines is 1. The minimum atomic E-state index is -2.41. The summed E-state index contributed by atoms with van der Waals surface area (Å²) in [6, 6.07) is 6.18. The highest BCUT2D eigenvalue weighted by molar-refractivity contribution is 7.65. The summed E-state index contributed by atoms with van der Waals surface area (Å²) in [4.78, 5) is 2.13. The van der Waals surface area contributed by atoms with E-state index in [0.29, 0.717) is 6.67 Å². The van der Waals surface area contributed by atoms with Gasteiger partial charge in [-0.25, -0.2) is 4.57 Å². The van der Waals surface area contributed by atoms with Crippen LogP contribution in [-0.2, 0) is 4.57 Å². The van der Waals surface area contributed by atoms with Gasteiger partial charge in [-0.2, -0.15) is 4.35 Å². The Kier molecular flexibility index (Phi) is 2.67. The van der Waals surface area contributed by atoms with Gasteiger partial charge in [0.25, 0.3) is 0 Å². The van der Waals surface area contributed by atoms with Gasteiger partial charge in [-0.15, -0.1) is 0 Å². The molecule has 4 heteroatoms. The minimum absolute atomic E-state index is 0.695. The lowest BCUT2D eigenvalue weighted by Crippen LogP contribution is -2.38. The van der Waals surface area contributed by atoms with Crippen LogP contribution in [0.3, 0.4) is 0 Å². The van der Waals surface area contributed by atoms with Crippen LogP contribution in [0.15, 0.2) is 18.2 Å². The first-order chi connectivity index (χ1) is 7.46. The molecule has 0 aromatic heterocycles. The van der Waals surface area contributed by atoms with Gasteiger partial charge in [-0.3, -0.25) is 0 Å². The van der Waals surface area contributed by atoms with Crippen LogP contribution in [-0.4, -0.2) is 30.9 Å². The third-order valence-corrected chi connectivity index (χ3v) is 5.72. The van der Waals surface area contributed by atoms with Crippen LogP contribution in [0, 0.1) is 6.92 Å². The molecule has 3 nitrogen and oxygen atoms in total. The molecule has 0 aliphatic carbocycles. The summed E-state index contributed by atoms with van der Waals surface area (Å²) >= 11 is 0. The normalized spacial score (nSPS) is 27.0. The van der Waals surface area contributed by atoms with E-state index in [-0.39, 0.29) is 0 Å². The van der Waals surface area contributed by atoms with Crippen molar-refractivity contribution in [3.8, 4) is 0 Å². The number of rotatable bonds is 0. The second-order valence-electron chi connectivity index (χ2n) is 4.41. The van der Waals surface area contributed by atoms with E-state index in [1.165, 1.54) is 0 Å². The first-order valence-corrected chi connectivity index (χ1v) is 7.54. The predicted octanol–water partition coefficient (Wildman–Crippen LogP) is 2.04. The Balaban J connectivity index is 2.71. The zero-order chi connectivity index (χ0) is 11.9. The molecule has 1 atom stereocenters. The van der Waals surface area contributed by atoms with Crippen LogP contribution in [0.2, 0.25) is 0 Å². The average molecular weight is 237 g/mol. The zero-order valence-corrected chi connectivity index (χ0v) is 11.2. The summed E-state index contributed by atoms with van der Waals surface area (Å²) in [5.74, 6) is 0. The number of nitrogens with zero attached hydrogens (tertiary/aromatic N) is 2. The first kappa shape index (κ1) is 11.4. The maximum atomic E-state index is 12.8. The van der Waals surface area contributed by atoms with Crippen LogP contribution < -0.4 is 10.2 Å². The molecule has 86 valence electrons. The van der Waals surface area contributed by atoms with Crippen molar-refractivity contribution in [3.63, 3.8) is 0 Å². The van der Waals surface area contributed by atoms with E-state index in [1.54, 1.807) is 0 Å². The third kappa shape index (κ3) is 1.60. The molecule has 0 saturated heterocycles. The first-order valence-electron chi connectivity index (χ1n) is 5.43. The molecule has 1 aliphatic rings. The molecule has 1 heterocycles. The summed E-state index contributed by atoms with van der Waals surface area (Å²) in [7, 11) is -0.383. The van der Waals surface area contributed by atoms with Gasteiger partial charge in [0.1, 0.15) is 6.21 Å². The number of aryl methyl sites for hydroxylation is 1. The largest absolute Gasteiger partial charge is 0.346 e. The third-order valence-electron chi connectivity index (χ3n) is 3.13. The molecule has 1 aliphatic heterocycles. The minimum Gasteiger partial charge on any atom is -0.319 e. The van der Waals surface area contributed by atoms with E-state index in [2.05, 4.69) is 17.0 Å². The highest BCUT2D eigenvalue weighted by Crippen LogP contribution is 2.46. The van der Waals surface area contributed by atoms with E-state index in [4.69, 9.17) is 0 Å². The van der Waals surface area contributed by atoms with Crippen LogP contribution in [0.1, 0.15) is 12.5 Å². The fraction of sp³-hybridized carbons (Fsp3) is 0.417. The lowest BCUT2D eigenvalue weighted by Gasteiger charge is -2.29. The summed E-state index contributed by atoms with van der Waals surface area (Å²) in [5.41, 5.74) is 2.25. The SMILES string of the molecule is C/C=[N+]1\CN(C)c2ccc(C)cc2P1(C)=O. The van der Waals surface area contributed by atoms with Crippen molar-refractivity contribution in [3.05, 3.63) is 23.8 Å².